The van der Waals surface area contributed by atoms with Gasteiger partial charge in [-0.15, -0.1) is 0 Å². The molecule has 0 aliphatic rings. The molecule has 0 aliphatic heterocycles. The first-order chi connectivity index (χ1) is 13.2. The number of amides is 1. The summed E-state index contributed by atoms with van der Waals surface area (Å²) in [7, 11) is 3.23. The number of thiazole rings is 1. The zero-order valence-corrected chi connectivity index (χ0v) is 16.4. The van der Waals surface area contributed by atoms with Gasteiger partial charge in [-0.3, -0.25) is 4.79 Å². The van der Waals surface area contributed by atoms with Crippen molar-refractivity contribution in [3.8, 4) is 11.5 Å². The van der Waals surface area contributed by atoms with Crippen LogP contribution in [0.15, 0.2) is 47.5 Å². The van der Waals surface area contributed by atoms with Crippen LogP contribution in [0.1, 0.15) is 17.3 Å². The SMILES string of the molecule is CCOCCn1c(=NC(=O)c2ccc(OC)cc2)sc2cc(OC)ccc21. The summed E-state index contributed by atoms with van der Waals surface area (Å²) in [6.45, 7) is 3.78. The van der Waals surface area contributed by atoms with Crippen LogP contribution in [-0.4, -0.2) is 37.9 Å². The Labute approximate surface area is 161 Å². The van der Waals surface area contributed by atoms with Gasteiger partial charge in [-0.2, -0.15) is 4.99 Å². The number of carbonyl (C=O) groups is 1. The van der Waals surface area contributed by atoms with Gasteiger partial charge in [-0.25, -0.2) is 0 Å². The molecule has 0 N–H and O–H groups in total. The van der Waals surface area contributed by atoms with Gasteiger partial charge in [0.15, 0.2) is 4.80 Å². The van der Waals surface area contributed by atoms with E-state index in [0.29, 0.717) is 35.9 Å². The van der Waals surface area contributed by atoms with E-state index in [0.717, 1.165) is 16.0 Å². The number of carbonyl (C=O) groups excluding carboxylic acids is 1. The molecule has 6 nitrogen and oxygen atoms in total. The number of nitrogens with zero attached hydrogens (tertiary/aromatic N) is 2. The molecule has 0 aliphatic carbocycles. The van der Waals surface area contributed by atoms with E-state index < -0.39 is 0 Å². The van der Waals surface area contributed by atoms with Gasteiger partial charge in [-0.05, 0) is 49.4 Å². The van der Waals surface area contributed by atoms with E-state index in [2.05, 4.69) is 4.99 Å². The maximum Gasteiger partial charge on any atom is 0.279 e. The maximum absolute atomic E-state index is 12.6. The summed E-state index contributed by atoms with van der Waals surface area (Å²) in [5.74, 6) is 1.18. The van der Waals surface area contributed by atoms with E-state index in [-0.39, 0.29) is 5.91 Å². The lowest BCUT2D eigenvalue weighted by atomic mass is 10.2. The molecule has 1 aromatic heterocycles. The Morgan fingerprint density at radius 3 is 2.44 bits per heavy atom. The number of ether oxygens (including phenoxy) is 3. The van der Waals surface area contributed by atoms with Gasteiger partial charge in [-0.1, -0.05) is 11.3 Å². The van der Waals surface area contributed by atoms with Crippen molar-refractivity contribution in [2.24, 2.45) is 4.99 Å². The lowest BCUT2D eigenvalue weighted by Crippen LogP contribution is -2.19. The monoisotopic (exact) mass is 386 g/mol. The third kappa shape index (κ3) is 4.37. The van der Waals surface area contributed by atoms with Crippen molar-refractivity contribution in [3.05, 3.63) is 52.8 Å². The van der Waals surface area contributed by atoms with Gasteiger partial charge < -0.3 is 18.8 Å². The van der Waals surface area contributed by atoms with E-state index in [9.17, 15) is 4.79 Å². The first-order valence-corrected chi connectivity index (χ1v) is 9.46. The number of hydrogen-bond acceptors (Lipinski definition) is 5. The van der Waals surface area contributed by atoms with Crippen LogP contribution in [0.3, 0.4) is 0 Å². The van der Waals surface area contributed by atoms with Crippen LogP contribution in [-0.2, 0) is 11.3 Å². The fourth-order valence-corrected chi connectivity index (χ4v) is 3.75. The second kappa shape index (κ2) is 8.83. The van der Waals surface area contributed by atoms with Gasteiger partial charge >= 0.3 is 0 Å². The predicted molar refractivity (Wildman–Crippen MR) is 106 cm³/mol. The minimum Gasteiger partial charge on any atom is -0.497 e. The van der Waals surface area contributed by atoms with Gasteiger partial charge in [0.05, 0.1) is 31.0 Å². The molecule has 0 atom stereocenters. The van der Waals surface area contributed by atoms with E-state index in [1.54, 1.807) is 38.5 Å². The largest absolute Gasteiger partial charge is 0.497 e. The average molecular weight is 386 g/mol. The molecule has 1 heterocycles. The summed E-state index contributed by atoms with van der Waals surface area (Å²) in [6.07, 6.45) is 0. The summed E-state index contributed by atoms with van der Waals surface area (Å²) in [6, 6.07) is 12.8. The number of hydrogen-bond donors (Lipinski definition) is 0. The van der Waals surface area contributed by atoms with Crippen molar-refractivity contribution in [3.63, 3.8) is 0 Å². The molecular weight excluding hydrogens is 364 g/mol. The molecule has 1 amide bonds. The minimum atomic E-state index is -0.290. The molecule has 3 rings (SSSR count). The Morgan fingerprint density at radius 1 is 1.07 bits per heavy atom. The molecule has 0 radical (unpaired) electrons. The Balaban J connectivity index is 2.02. The van der Waals surface area contributed by atoms with E-state index in [1.807, 2.05) is 29.7 Å². The molecule has 0 fully saturated rings. The topological polar surface area (TPSA) is 62.1 Å². The summed E-state index contributed by atoms with van der Waals surface area (Å²) in [4.78, 5) is 17.6. The second-order valence-electron chi connectivity index (χ2n) is 5.71. The average Bonchev–Trinajstić information content (AvgIpc) is 3.04. The highest BCUT2D eigenvalue weighted by molar-refractivity contribution is 7.16. The van der Waals surface area contributed by atoms with Crippen LogP contribution in [0.5, 0.6) is 11.5 Å². The number of fused-ring (bicyclic) bond motifs is 1. The Morgan fingerprint density at radius 2 is 1.78 bits per heavy atom. The fourth-order valence-electron chi connectivity index (χ4n) is 2.67. The Kier molecular flexibility index (Phi) is 6.26. The van der Waals surface area contributed by atoms with Crippen LogP contribution in [0.4, 0.5) is 0 Å². The number of methoxy groups -OCH3 is 2. The number of benzene rings is 2. The highest BCUT2D eigenvalue weighted by atomic mass is 32.1. The van der Waals surface area contributed by atoms with Crippen LogP contribution in [0.2, 0.25) is 0 Å². The lowest BCUT2D eigenvalue weighted by Gasteiger charge is -2.06. The van der Waals surface area contributed by atoms with Crippen LogP contribution in [0, 0.1) is 0 Å². The van der Waals surface area contributed by atoms with Gasteiger partial charge in [0.1, 0.15) is 11.5 Å². The van der Waals surface area contributed by atoms with E-state index >= 15 is 0 Å². The normalized spacial score (nSPS) is 11.7. The van der Waals surface area contributed by atoms with E-state index in [1.165, 1.54) is 11.3 Å². The number of rotatable bonds is 7. The lowest BCUT2D eigenvalue weighted by molar-refractivity contribution is 0.0996. The predicted octanol–water partition coefficient (Wildman–Crippen LogP) is 3.50. The molecule has 0 unspecified atom stereocenters. The molecule has 3 aromatic rings. The summed E-state index contributed by atoms with van der Waals surface area (Å²) < 4.78 is 18.9. The van der Waals surface area contributed by atoms with E-state index in [4.69, 9.17) is 14.2 Å². The molecule has 7 heteroatoms. The Hall–Kier alpha value is -2.64. The zero-order valence-electron chi connectivity index (χ0n) is 15.6. The summed E-state index contributed by atoms with van der Waals surface area (Å²) in [5, 5.41) is 0. The van der Waals surface area contributed by atoms with Gasteiger partial charge in [0, 0.05) is 18.7 Å². The van der Waals surface area contributed by atoms with Crippen molar-refractivity contribution in [2.45, 2.75) is 13.5 Å². The molecule has 0 spiro atoms. The highest BCUT2D eigenvalue weighted by Gasteiger charge is 2.10. The quantitative estimate of drug-likeness (QED) is 0.583. The summed E-state index contributed by atoms with van der Waals surface area (Å²) >= 11 is 1.46. The fraction of sp³-hybridized carbons (Fsp3) is 0.300. The standard InChI is InChI=1S/C20H22N2O4S/c1-4-26-12-11-22-17-10-9-16(25-3)13-18(17)27-20(22)21-19(23)14-5-7-15(24-2)8-6-14/h5-10,13H,4,11-12H2,1-3H3. The first-order valence-electron chi connectivity index (χ1n) is 8.64. The second-order valence-corrected chi connectivity index (χ2v) is 6.72. The highest BCUT2D eigenvalue weighted by Crippen LogP contribution is 2.23. The molecule has 2 aromatic carbocycles. The summed E-state index contributed by atoms with van der Waals surface area (Å²) in [5.41, 5.74) is 1.52. The molecular formula is C20H22N2O4S. The first kappa shape index (κ1) is 19.1. The Bertz CT molecular complexity index is 989. The minimum absolute atomic E-state index is 0.290. The molecule has 0 saturated carbocycles. The van der Waals surface area contributed by atoms with Crippen molar-refractivity contribution < 1.29 is 19.0 Å². The van der Waals surface area contributed by atoms with Crippen LogP contribution in [0.25, 0.3) is 10.2 Å². The van der Waals surface area contributed by atoms with Gasteiger partial charge in [0.25, 0.3) is 5.91 Å². The molecule has 27 heavy (non-hydrogen) atoms. The van der Waals surface area contributed by atoms with Crippen molar-refractivity contribution in [1.29, 1.82) is 0 Å². The maximum atomic E-state index is 12.6. The van der Waals surface area contributed by atoms with Gasteiger partial charge in [0.2, 0.25) is 0 Å². The zero-order chi connectivity index (χ0) is 19.2. The van der Waals surface area contributed by atoms with Crippen LogP contribution >= 0.6 is 11.3 Å². The number of aromatic nitrogens is 1. The third-order valence-corrected chi connectivity index (χ3v) is 5.13. The van der Waals surface area contributed by atoms with Crippen molar-refractivity contribution in [1.82, 2.24) is 4.57 Å². The smallest absolute Gasteiger partial charge is 0.279 e. The molecule has 142 valence electrons. The van der Waals surface area contributed by atoms with Crippen LogP contribution < -0.4 is 14.3 Å². The third-order valence-electron chi connectivity index (χ3n) is 4.09. The molecule has 0 saturated heterocycles. The van der Waals surface area contributed by atoms with Crippen molar-refractivity contribution >= 4 is 27.5 Å². The molecule has 0 bridgehead atoms. The van der Waals surface area contributed by atoms with Crippen molar-refractivity contribution in [2.75, 3.05) is 27.4 Å².